The smallest absolute Gasteiger partial charge is 0.326 e. The van der Waals surface area contributed by atoms with Crippen LogP contribution in [0.5, 0.6) is 0 Å². The van der Waals surface area contributed by atoms with E-state index in [9.17, 15) is 19.5 Å². The van der Waals surface area contributed by atoms with Crippen LogP contribution in [0.15, 0.2) is 84.9 Å². The summed E-state index contributed by atoms with van der Waals surface area (Å²) in [5.74, 6) is -1.26. The van der Waals surface area contributed by atoms with Gasteiger partial charge in [-0.1, -0.05) is 98.8 Å². The van der Waals surface area contributed by atoms with Crippen LogP contribution in [0.25, 0.3) is 21.5 Å². The Morgan fingerprint density at radius 1 is 0.854 bits per heavy atom. The third-order valence-corrected chi connectivity index (χ3v) is 8.22. The van der Waals surface area contributed by atoms with Crippen molar-refractivity contribution in [3.63, 3.8) is 0 Å². The highest BCUT2D eigenvalue weighted by atomic mass is 16.4. The average molecular weight is 551 g/mol. The van der Waals surface area contributed by atoms with Crippen molar-refractivity contribution in [1.82, 2.24) is 9.80 Å². The maximum Gasteiger partial charge on any atom is 0.326 e. The molecule has 0 spiro atoms. The number of rotatable bonds is 8. The van der Waals surface area contributed by atoms with Crippen LogP contribution < -0.4 is 0 Å². The summed E-state index contributed by atoms with van der Waals surface area (Å²) in [6, 6.07) is 26.0. The molecule has 5 rings (SSSR count). The van der Waals surface area contributed by atoms with Crippen LogP contribution in [0.3, 0.4) is 0 Å². The summed E-state index contributed by atoms with van der Waals surface area (Å²) in [4.78, 5) is 43.9. The first-order valence-corrected chi connectivity index (χ1v) is 14.5. The van der Waals surface area contributed by atoms with Crippen LogP contribution in [0, 0.1) is 5.92 Å². The number of aliphatic carboxylic acids is 1. The SMILES string of the molecule is CC(C)CC1C(=O)N(C(Cc2ccc3ccccc3c2)C(=O)O)CCC(C)N1C(=O)Cc1ccc2ccccc2c1. The van der Waals surface area contributed by atoms with Crippen molar-refractivity contribution >= 4 is 39.3 Å². The Kier molecular flexibility index (Phi) is 8.39. The van der Waals surface area contributed by atoms with Gasteiger partial charge in [0.2, 0.25) is 11.8 Å². The lowest BCUT2D eigenvalue weighted by molar-refractivity contribution is -0.153. The van der Waals surface area contributed by atoms with Gasteiger partial charge in [-0.15, -0.1) is 0 Å². The van der Waals surface area contributed by atoms with Gasteiger partial charge in [-0.25, -0.2) is 4.79 Å². The Morgan fingerprint density at radius 3 is 2.00 bits per heavy atom. The number of fused-ring (bicyclic) bond motifs is 2. The summed E-state index contributed by atoms with van der Waals surface area (Å²) in [5, 5.41) is 14.6. The molecule has 1 aliphatic heterocycles. The highest BCUT2D eigenvalue weighted by Crippen LogP contribution is 2.27. The fourth-order valence-corrected chi connectivity index (χ4v) is 6.12. The van der Waals surface area contributed by atoms with Crippen molar-refractivity contribution in [2.75, 3.05) is 6.54 Å². The van der Waals surface area contributed by atoms with Crippen molar-refractivity contribution in [1.29, 1.82) is 0 Å². The van der Waals surface area contributed by atoms with Crippen LogP contribution >= 0.6 is 0 Å². The molecule has 4 aromatic carbocycles. The molecule has 1 saturated heterocycles. The molecule has 6 heteroatoms. The Morgan fingerprint density at radius 2 is 1.41 bits per heavy atom. The number of benzene rings is 4. The zero-order chi connectivity index (χ0) is 29.1. The van der Waals surface area contributed by atoms with Gasteiger partial charge in [-0.3, -0.25) is 9.59 Å². The molecular weight excluding hydrogens is 512 g/mol. The van der Waals surface area contributed by atoms with E-state index in [1.54, 1.807) is 4.90 Å². The second kappa shape index (κ2) is 12.1. The standard InChI is InChI=1S/C35H38N2O4/c1-23(2)18-31-34(39)36(32(35(40)41)21-25-12-14-27-8-4-6-10-29(27)19-25)17-16-24(3)37(31)33(38)22-26-13-15-28-9-5-7-11-30(28)20-26/h4-15,19-20,23-24,31-32H,16-18,21-22H2,1-3H3,(H,40,41). The molecule has 1 N–H and O–H groups in total. The summed E-state index contributed by atoms with van der Waals surface area (Å²) >= 11 is 0. The predicted octanol–water partition coefficient (Wildman–Crippen LogP) is 6.10. The number of carboxylic acids is 1. The van der Waals surface area contributed by atoms with E-state index < -0.39 is 18.1 Å². The summed E-state index contributed by atoms with van der Waals surface area (Å²) < 4.78 is 0. The molecule has 41 heavy (non-hydrogen) atoms. The average Bonchev–Trinajstić information content (AvgIpc) is 3.06. The lowest BCUT2D eigenvalue weighted by Crippen LogP contribution is -2.55. The molecule has 212 valence electrons. The zero-order valence-electron chi connectivity index (χ0n) is 24.0. The van der Waals surface area contributed by atoms with E-state index in [-0.39, 0.29) is 36.6 Å². The topological polar surface area (TPSA) is 77.9 Å². The van der Waals surface area contributed by atoms with E-state index >= 15 is 0 Å². The fourth-order valence-electron chi connectivity index (χ4n) is 6.12. The summed E-state index contributed by atoms with van der Waals surface area (Å²) in [7, 11) is 0. The third kappa shape index (κ3) is 6.27. The number of carboxylic acid groups (broad SMARTS) is 1. The maximum atomic E-state index is 14.2. The largest absolute Gasteiger partial charge is 0.480 e. The molecule has 0 aliphatic carbocycles. The lowest BCUT2D eigenvalue weighted by atomic mass is 9.97. The second-order valence-electron chi connectivity index (χ2n) is 11.7. The third-order valence-electron chi connectivity index (χ3n) is 8.22. The Bertz CT molecular complexity index is 1580. The Labute approximate surface area is 241 Å². The van der Waals surface area contributed by atoms with Crippen molar-refractivity contribution < 1.29 is 19.5 Å². The lowest BCUT2D eigenvalue weighted by Gasteiger charge is -2.36. The normalized spacial score (nSPS) is 18.6. The number of hydrogen-bond acceptors (Lipinski definition) is 3. The number of amides is 2. The van der Waals surface area contributed by atoms with E-state index in [1.807, 2.05) is 106 Å². The molecule has 0 bridgehead atoms. The van der Waals surface area contributed by atoms with Crippen molar-refractivity contribution in [2.45, 2.75) is 64.6 Å². The van der Waals surface area contributed by atoms with Crippen molar-refractivity contribution in [2.24, 2.45) is 5.92 Å². The van der Waals surface area contributed by atoms with Gasteiger partial charge in [-0.05, 0) is 58.4 Å². The molecule has 1 fully saturated rings. The van der Waals surface area contributed by atoms with Gasteiger partial charge in [0.05, 0.1) is 6.42 Å². The number of carbonyl (C=O) groups excluding carboxylic acids is 2. The first kappa shape index (κ1) is 28.3. The molecular formula is C35H38N2O4. The Hall–Kier alpha value is -4.19. The van der Waals surface area contributed by atoms with E-state index in [2.05, 4.69) is 0 Å². The van der Waals surface area contributed by atoms with Gasteiger partial charge in [0, 0.05) is 19.0 Å². The number of nitrogens with zero attached hydrogens (tertiary/aromatic N) is 2. The van der Waals surface area contributed by atoms with Gasteiger partial charge >= 0.3 is 5.97 Å². The molecule has 0 radical (unpaired) electrons. The van der Waals surface area contributed by atoms with E-state index in [1.165, 1.54) is 4.90 Å². The van der Waals surface area contributed by atoms with E-state index in [4.69, 9.17) is 0 Å². The van der Waals surface area contributed by atoms with Crippen LogP contribution in [0.2, 0.25) is 0 Å². The first-order valence-electron chi connectivity index (χ1n) is 14.5. The minimum Gasteiger partial charge on any atom is -0.480 e. The van der Waals surface area contributed by atoms with Crippen LogP contribution in [-0.2, 0) is 27.2 Å². The summed E-state index contributed by atoms with van der Waals surface area (Å²) in [6.45, 7) is 6.33. The Balaban J connectivity index is 1.42. The van der Waals surface area contributed by atoms with Gasteiger partial charge in [0.15, 0.2) is 0 Å². The summed E-state index contributed by atoms with van der Waals surface area (Å²) in [5.41, 5.74) is 1.77. The minimum absolute atomic E-state index is 0.102. The molecule has 4 aromatic rings. The maximum absolute atomic E-state index is 14.2. The first-order chi connectivity index (χ1) is 19.7. The molecule has 0 saturated carbocycles. The summed E-state index contributed by atoms with van der Waals surface area (Å²) in [6.07, 6.45) is 1.40. The molecule has 6 nitrogen and oxygen atoms in total. The number of carbonyl (C=O) groups is 3. The fraction of sp³-hybridized carbons (Fsp3) is 0.343. The molecule has 3 atom stereocenters. The highest BCUT2D eigenvalue weighted by molar-refractivity contribution is 5.92. The zero-order valence-corrected chi connectivity index (χ0v) is 24.0. The van der Waals surface area contributed by atoms with Crippen molar-refractivity contribution in [3.8, 4) is 0 Å². The predicted molar refractivity (Wildman–Crippen MR) is 163 cm³/mol. The van der Waals surface area contributed by atoms with Gasteiger partial charge < -0.3 is 14.9 Å². The molecule has 1 heterocycles. The molecule has 3 unspecified atom stereocenters. The van der Waals surface area contributed by atoms with Crippen LogP contribution in [0.4, 0.5) is 0 Å². The molecule has 1 aliphatic rings. The molecule has 0 aromatic heterocycles. The van der Waals surface area contributed by atoms with E-state index in [0.29, 0.717) is 19.4 Å². The van der Waals surface area contributed by atoms with Gasteiger partial charge in [0.1, 0.15) is 12.1 Å². The minimum atomic E-state index is -1.03. The van der Waals surface area contributed by atoms with Crippen LogP contribution in [-0.4, -0.2) is 57.4 Å². The highest BCUT2D eigenvalue weighted by Gasteiger charge is 2.42. The molecule has 2 amide bonds. The van der Waals surface area contributed by atoms with Crippen LogP contribution in [0.1, 0.15) is 44.7 Å². The van der Waals surface area contributed by atoms with Gasteiger partial charge in [-0.2, -0.15) is 0 Å². The second-order valence-corrected chi connectivity index (χ2v) is 11.7. The van der Waals surface area contributed by atoms with Crippen molar-refractivity contribution in [3.05, 3.63) is 96.1 Å². The van der Waals surface area contributed by atoms with Gasteiger partial charge in [0.25, 0.3) is 0 Å². The number of hydrogen-bond donors (Lipinski definition) is 1. The quantitative estimate of drug-likeness (QED) is 0.288. The van der Waals surface area contributed by atoms with E-state index in [0.717, 1.165) is 32.7 Å². The monoisotopic (exact) mass is 550 g/mol.